The maximum Gasteiger partial charge on any atom is 0.244 e. The van der Waals surface area contributed by atoms with Gasteiger partial charge in [-0.05, 0) is 58.3 Å². The molecule has 4 nitrogen and oxygen atoms in total. The van der Waals surface area contributed by atoms with Gasteiger partial charge < -0.3 is 9.88 Å². The van der Waals surface area contributed by atoms with Crippen LogP contribution in [0.15, 0.2) is 77.8 Å². The number of fused-ring (bicyclic) bond motifs is 1. The molecular weight excluding hydrogens is 373 g/mol. The first-order valence-electron chi connectivity index (χ1n) is 8.85. The van der Waals surface area contributed by atoms with Gasteiger partial charge in [-0.1, -0.05) is 24.3 Å². The van der Waals surface area contributed by atoms with Crippen molar-refractivity contribution in [3.63, 3.8) is 0 Å². The summed E-state index contributed by atoms with van der Waals surface area (Å²) in [4.78, 5) is 16.9. The Morgan fingerprint density at radius 1 is 1.18 bits per heavy atom. The van der Waals surface area contributed by atoms with Crippen molar-refractivity contribution in [1.82, 2.24) is 14.9 Å². The number of nitrogens with one attached hydrogen (secondary N) is 1. The number of benzene rings is 2. The minimum Gasteiger partial charge on any atom is -0.344 e. The van der Waals surface area contributed by atoms with Crippen LogP contribution in [0.1, 0.15) is 17.2 Å². The van der Waals surface area contributed by atoms with Crippen LogP contribution in [0.5, 0.6) is 0 Å². The molecule has 0 radical (unpaired) electrons. The van der Waals surface area contributed by atoms with Crippen molar-refractivity contribution < 1.29 is 9.18 Å². The third-order valence-corrected chi connectivity index (χ3v) is 5.17. The fraction of sp³-hybridized carbons (Fsp3) is 0.0909. The average molecular weight is 391 g/mol. The van der Waals surface area contributed by atoms with Crippen LogP contribution >= 0.6 is 11.3 Å². The SMILES string of the molecule is O=C(/C=C/c1ccsc1)NC(Cn1cnc2ccccc21)c1ccc(F)cc1. The van der Waals surface area contributed by atoms with Gasteiger partial charge in [0.15, 0.2) is 0 Å². The van der Waals surface area contributed by atoms with Crippen LogP contribution in [0.25, 0.3) is 17.1 Å². The van der Waals surface area contributed by atoms with Crippen molar-refractivity contribution in [3.8, 4) is 0 Å². The molecular formula is C22H18FN3OS. The number of para-hydroxylation sites is 2. The molecule has 6 heteroatoms. The average Bonchev–Trinajstić information content (AvgIpc) is 3.37. The number of nitrogens with zero attached hydrogens (tertiary/aromatic N) is 2. The zero-order chi connectivity index (χ0) is 19.3. The molecule has 4 aromatic rings. The van der Waals surface area contributed by atoms with Crippen molar-refractivity contribution in [3.05, 3.63) is 94.7 Å². The number of thiophene rings is 1. The quantitative estimate of drug-likeness (QED) is 0.480. The van der Waals surface area contributed by atoms with Gasteiger partial charge in [0, 0.05) is 12.6 Å². The Morgan fingerprint density at radius 3 is 2.79 bits per heavy atom. The highest BCUT2D eigenvalue weighted by Crippen LogP contribution is 2.20. The Bertz CT molecular complexity index is 1100. The molecule has 2 aromatic heterocycles. The molecule has 0 saturated carbocycles. The van der Waals surface area contributed by atoms with Gasteiger partial charge in [0.2, 0.25) is 5.91 Å². The van der Waals surface area contributed by atoms with Gasteiger partial charge in [-0.25, -0.2) is 9.37 Å². The van der Waals surface area contributed by atoms with E-state index in [1.807, 2.05) is 45.7 Å². The molecule has 1 unspecified atom stereocenters. The molecule has 2 aromatic carbocycles. The van der Waals surface area contributed by atoms with E-state index in [1.165, 1.54) is 18.2 Å². The summed E-state index contributed by atoms with van der Waals surface area (Å²) in [6.45, 7) is 0.490. The maximum absolute atomic E-state index is 13.4. The molecule has 0 saturated heterocycles. The summed E-state index contributed by atoms with van der Waals surface area (Å²) in [5.41, 5.74) is 3.69. The number of aromatic nitrogens is 2. The van der Waals surface area contributed by atoms with E-state index in [0.717, 1.165) is 22.2 Å². The van der Waals surface area contributed by atoms with E-state index in [-0.39, 0.29) is 17.8 Å². The van der Waals surface area contributed by atoms with Crippen molar-refractivity contribution in [2.24, 2.45) is 0 Å². The second kappa shape index (κ2) is 8.19. The molecule has 0 spiro atoms. The Morgan fingerprint density at radius 2 is 2.00 bits per heavy atom. The number of carbonyl (C=O) groups is 1. The molecule has 2 heterocycles. The predicted octanol–water partition coefficient (Wildman–Crippen LogP) is 4.81. The highest BCUT2D eigenvalue weighted by molar-refractivity contribution is 7.08. The Hall–Kier alpha value is -3.25. The lowest BCUT2D eigenvalue weighted by molar-refractivity contribution is -0.117. The molecule has 0 aliphatic rings. The van der Waals surface area contributed by atoms with Gasteiger partial charge in [-0.2, -0.15) is 11.3 Å². The molecule has 1 N–H and O–H groups in total. The Kier molecular flexibility index (Phi) is 5.30. The highest BCUT2D eigenvalue weighted by atomic mass is 32.1. The summed E-state index contributed by atoms with van der Waals surface area (Å²) < 4.78 is 15.4. The van der Waals surface area contributed by atoms with Crippen molar-refractivity contribution >= 4 is 34.4 Å². The number of hydrogen-bond acceptors (Lipinski definition) is 3. The maximum atomic E-state index is 13.4. The van der Waals surface area contributed by atoms with Gasteiger partial charge >= 0.3 is 0 Å². The summed E-state index contributed by atoms with van der Waals surface area (Å²) in [5, 5.41) is 6.96. The van der Waals surface area contributed by atoms with Crippen molar-refractivity contribution in [1.29, 1.82) is 0 Å². The number of halogens is 1. The number of hydrogen-bond donors (Lipinski definition) is 1. The fourth-order valence-electron chi connectivity index (χ4n) is 3.04. The van der Waals surface area contributed by atoms with Crippen LogP contribution in [0.3, 0.4) is 0 Å². The lowest BCUT2D eigenvalue weighted by Gasteiger charge is -2.19. The van der Waals surface area contributed by atoms with E-state index in [1.54, 1.807) is 35.9 Å². The van der Waals surface area contributed by atoms with E-state index in [2.05, 4.69) is 10.3 Å². The van der Waals surface area contributed by atoms with E-state index in [0.29, 0.717) is 6.54 Å². The predicted molar refractivity (Wildman–Crippen MR) is 110 cm³/mol. The second-order valence-corrected chi connectivity index (χ2v) is 7.17. The Labute approximate surface area is 166 Å². The molecule has 0 aliphatic heterocycles. The molecule has 28 heavy (non-hydrogen) atoms. The van der Waals surface area contributed by atoms with Crippen LogP contribution in [-0.2, 0) is 11.3 Å². The smallest absolute Gasteiger partial charge is 0.244 e. The first-order valence-corrected chi connectivity index (χ1v) is 9.79. The van der Waals surface area contributed by atoms with Gasteiger partial charge in [-0.15, -0.1) is 0 Å². The summed E-state index contributed by atoms with van der Waals surface area (Å²) in [6.07, 6.45) is 5.05. The summed E-state index contributed by atoms with van der Waals surface area (Å²) >= 11 is 1.58. The number of amides is 1. The third kappa shape index (κ3) is 4.18. The standard InChI is InChI=1S/C22H18FN3OS/c23-18-8-6-17(7-9-18)20(25-22(27)10-5-16-11-12-28-14-16)13-26-15-24-19-3-1-2-4-21(19)26/h1-12,14-15,20H,13H2,(H,25,27)/b10-5+. The third-order valence-electron chi connectivity index (χ3n) is 4.47. The zero-order valence-electron chi connectivity index (χ0n) is 15.0. The molecule has 1 atom stereocenters. The molecule has 4 rings (SSSR count). The van der Waals surface area contributed by atoms with E-state index < -0.39 is 0 Å². The first kappa shape index (κ1) is 18.1. The summed E-state index contributed by atoms with van der Waals surface area (Å²) in [5.74, 6) is -0.510. The number of imidazole rings is 1. The first-order chi connectivity index (χ1) is 13.7. The molecule has 140 valence electrons. The van der Waals surface area contributed by atoms with Crippen LogP contribution in [0, 0.1) is 5.82 Å². The zero-order valence-corrected chi connectivity index (χ0v) is 15.8. The van der Waals surface area contributed by atoms with Gasteiger partial charge in [0.1, 0.15) is 5.82 Å². The van der Waals surface area contributed by atoms with E-state index in [9.17, 15) is 9.18 Å². The molecule has 0 aliphatic carbocycles. The number of rotatable bonds is 6. The minimum absolute atomic E-state index is 0.204. The summed E-state index contributed by atoms with van der Waals surface area (Å²) in [6, 6.07) is 15.7. The Balaban J connectivity index is 1.58. The monoisotopic (exact) mass is 391 g/mol. The summed E-state index contributed by atoms with van der Waals surface area (Å²) in [7, 11) is 0. The lowest BCUT2D eigenvalue weighted by Crippen LogP contribution is -2.30. The minimum atomic E-state index is -0.321. The molecule has 0 fully saturated rings. The van der Waals surface area contributed by atoms with E-state index >= 15 is 0 Å². The van der Waals surface area contributed by atoms with Crippen LogP contribution < -0.4 is 5.32 Å². The normalized spacial score (nSPS) is 12.5. The van der Waals surface area contributed by atoms with Crippen molar-refractivity contribution in [2.45, 2.75) is 12.6 Å². The highest BCUT2D eigenvalue weighted by Gasteiger charge is 2.16. The van der Waals surface area contributed by atoms with Crippen LogP contribution in [-0.4, -0.2) is 15.5 Å². The fourth-order valence-corrected chi connectivity index (χ4v) is 3.67. The number of carbonyl (C=O) groups excluding carboxylic acids is 1. The van der Waals surface area contributed by atoms with Gasteiger partial charge in [0.25, 0.3) is 0 Å². The second-order valence-electron chi connectivity index (χ2n) is 6.39. The molecule has 0 bridgehead atoms. The topological polar surface area (TPSA) is 46.9 Å². The van der Waals surface area contributed by atoms with Crippen molar-refractivity contribution in [2.75, 3.05) is 0 Å². The van der Waals surface area contributed by atoms with Gasteiger partial charge in [-0.3, -0.25) is 4.79 Å². The molecule has 1 amide bonds. The van der Waals surface area contributed by atoms with Gasteiger partial charge in [0.05, 0.1) is 23.4 Å². The lowest BCUT2D eigenvalue weighted by atomic mass is 10.1. The largest absolute Gasteiger partial charge is 0.344 e. The van der Waals surface area contributed by atoms with Crippen LogP contribution in [0.4, 0.5) is 4.39 Å². The van der Waals surface area contributed by atoms with Crippen LogP contribution in [0.2, 0.25) is 0 Å². The van der Waals surface area contributed by atoms with E-state index in [4.69, 9.17) is 0 Å².